The van der Waals surface area contributed by atoms with Crippen LogP contribution in [0, 0.1) is 5.92 Å². The summed E-state index contributed by atoms with van der Waals surface area (Å²) in [5.41, 5.74) is 11.0. The second kappa shape index (κ2) is 8.91. The molecule has 1 fully saturated rings. The third-order valence-electron chi connectivity index (χ3n) is 3.78. The van der Waals surface area contributed by atoms with Crippen molar-refractivity contribution in [2.75, 3.05) is 6.54 Å². The summed E-state index contributed by atoms with van der Waals surface area (Å²) in [6.45, 7) is 0.635. The first-order chi connectivity index (χ1) is 9.08. The van der Waals surface area contributed by atoms with Crippen molar-refractivity contribution in [3.05, 3.63) is 0 Å². The van der Waals surface area contributed by atoms with Gasteiger partial charge in [0.25, 0.3) is 0 Å². The van der Waals surface area contributed by atoms with Crippen molar-refractivity contribution < 1.29 is 9.59 Å². The lowest BCUT2D eigenvalue weighted by atomic mass is 9.83. The molecule has 0 bridgehead atoms. The zero-order chi connectivity index (χ0) is 14.1. The highest BCUT2D eigenvalue weighted by Gasteiger charge is 2.19. The second-order valence-corrected chi connectivity index (χ2v) is 5.60. The molecule has 2 unspecified atom stereocenters. The van der Waals surface area contributed by atoms with Crippen molar-refractivity contribution in [3.63, 3.8) is 0 Å². The van der Waals surface area contributed by atoms with Crippen LogP contribution >= 0.6 is 0 Å². The lowest BCUT2D eigenvalue weighted by molar-refractivity contribution is -0.121. The van der Waals surface area contributed by atoms with Crippen LogP contribution in [0.4, 0.5) is 0 Å². The lowest BCUT2D eigenvalue weighted by Gasteiger charge is -2.26. The molecule has 0 aromatic rings. The van der Waals surface area contributed by atoms with Gasteiger partial charge in [0.1, 0.15) is 0 Å². The molecular weight excluding hydrogens is 242 g/mol. The van der Waals surface area contributed by atoms with Gasteiger partial charge in [0.2, 0.25) is 11.8 Å². The quantitative estimate of drug-likeness (QED) is 0.574. The minimum Gasteiger partial charge on any atom is -0.370 e. The van der Waals surface area contributed by atoms with Crippen molar-refractivity contribution >= 4 is 11.8 Å². The highest BCUT2D eigenvalue weighted by Crippen LogP contribution is 2.26. The number of hydrogen-bond acceptors (Lipinski definition) is 3. The van der Waals surface area contributed by atoms with Crippen LogP contribution in [-0.4, -0.2) is 24.4 Å². The summed E-state index contributed by atoms with van der Waals surface area (Å²) in [5, 5.41) is 2.88. The molecule has 1 saturated carbocycles. The molecule has 110 valence electrons. The molecule has 0 saturated heterocycles. The predicted molar refractivity (Wildman–Crippen MR) is 75.2 cm³/mol. The number of carbonyl (C=O) groups is 2. The molecule has 0 aromatic heterocycles. The standard InChI is InChI=1S/C14H27N3O2/c15-12-5-3-4-11(10-12)7-8-14(19)17-9-2-1-6-13(16)18/h11-12H,1-10,15H2,(H2,16,18)(H,17,19). The van der Waals surface area contributed by atoms with Crippen molar-refractivity contribution in [2.45, 2.75) is 63.8 Å². The van der Waals surface area contributed by atoms with Gasteiger partial charge in [-0.3, -0.25) is 9.59 Å². The summed E-state index contributed by atoms with van der Waals surface area (Å²) in [5.74, 6) is 0.447. The Kier molecular flexibility index (Phi) is 7.48. The molecule has 5 N–H and O–H groups in total. The number of primary amides is 1. The van der Waals surface area contributed by atoms with E-state index in [0.29, 0.717) is 31.3 Å². The van der Waals surface area contributed by atoms with Crippen LogP contribution in [0.3, 0.4) is 0 Å². The number of hydrogen-bond donors (Lipinski definition) is 3. The summed E-state index contributed by atoms with van der Waals surface area (Å²) in [7, 11) is 0. The first-order valence-electron chi connectivity index (χ1n) is 7.38. The summed E-state index contributed by atoms with van der Waals surface area (Å²) in [4.78, 5) is 22.2. The fourth-order valence-corrected chi connectivity index (χ4v) is 2.67. The highest BCUT2D eigenvalue weighted by atomic mass is 16.1. The molecule has 5 heteroatoms. The molecule has 19 heavy (non-hydrogen) atoms. The molecule has 2 amide bonds. The Labute approximate surface area is 115 Å². The average Bonchev–Trinajstić information content (AvgIpc) is 2.35. The van der Waals surface area contributed by atoms with E-state index in [1.165, 1.54) is 12.8 Å². The molecule has 0 heterocycles. The number of carbonyl (C=O) groups excluding carboxylic acids is 2. The summed E-state index contributed by atoms with van der Waals surface area (Å²) in [6.07, 6.45) is 8.08. The SMILES string of the molecule is NC(=O)CCCCNC(=O)CCC1CCCC(N)C1. The molecule has 0 spiro atoms. The van der Waals surface area contributed by atoms with Crippen molar-refractivity contribution in [1.29, 1.82) is 0 Å². The molecule has 5 nitrogen and oxygen atoms in total. The maximum Gasteiger partial charge on any atom is 0.220 e. The normalized spacial score (nSPS) is 23.0. The van der Waals surface area contributed by atoms with Gasteiger partial charge in [0, 0.05) is 25.4 Å². The maximum absolute atomic E-state index is 11.6. The fraction of sp³-hybridized carbons (Fsp3) is 0.857. The largest absolute Gasteiger partial charge is 0.370 e. The Hall–Kier alpha value is -1.10. The highest BCUT2D eigenvalue weighted by molar-refractivity contribution is 5.75. The van der Waals surface area contributed by atoms with Gasteiger partial charge in [-0.05, 0) is 38.0 Å². The van der Waals surface area contributed by atoms with Crippen LogP contribution < -0.4 is 16.8 Å². The Morgan fingerprint density at radius 2 is 1.95 bits per heavy atom. The number of amides is 2. The number of rotatable bonds is 8. The molecule has 0 aromatic carbocycles. The molecule has 2 atom stereocenters. The summed E-state index contributed by atoms with van der Waals surface area (Å²) >= 11 is 0. The van der Waals surface area contributed by atoms with E-state index >= 15 is 0 Å². The maximum atomic E-state index is 11.6. The minimum absolute atomic E-state index is 0.109. The van der Waals surface area contributed by atoms with Gasteiger partial charge in [-0.15, -0.1) is 0 Å². The molecule has 1 aliphatic carbocycles. The molecule has 1 aliphatic rings. The van der Waals surface area contributed by atoms with E-state index < -0.39 is 0 Å². The monoisotopic (exact) mass is 269 g/mol. The zero-order valence-electron chi connectivity index (χ0n) is 11.7. The first-order valence-corrected chi connectivity index (χ1v) is 7.38. The van der Waals surface area contributed by atoms with Gasteiger partial charge in [-0.1, -0.05) is 12.8 Å². The molecular formula is C14H27N3O2. The van der Waals surface area contributed by atoms with Gasteiger partial charge in [-0.25, -0.2) is 0 Å². The van der Waals surface area contributed by atoms with E-state index in [4.69, 9.17) is 11.5 Å². The number of unbranched alkanes of at least 4 members (excludes halogenated alkanes) is 1. The fourth-order valence-electron chi connectivity index (χ4n) is 2.67. The van der Waals surface area contributed by atoms with Gasteiger partial charge < -0.3 is 16.8 Å². The van der Waals surface area contributed by atoms with Crippen LogP contribution in [0.1, 0.15) is 57.8 Å². The van der Waals surface area contributed by atoms with Crippen molar-refractivity contribution in [2.24, 2.45) is 17.4 Å². The Morgan fingerprint density at radius 3 is 2.63 bits per heavy atom. The van der Waals surface area contributed by atoms with Gasteiger partial charge in [-0.2, -0.15) is 0 Å². The van der Waals surface area contributed by atoms with Crippen LogP contribution in [0.2, 0.25) is 0 Å². The van der Waals surface area contributed by atoms with Crippen LogP contribution in [0.25, 0.3) is 0 Å². The third kappa shape index (κ3) is 7.82. The second-order valence-electron chi connectivity index (χ2n) is 5.60. The van der Waals surface area contributed by atoms with E-state index in [1.807, 2.05) is 0 Å². The molecule has 1 rings (SSSR count). The van der Waals surface area contributed by atoms with Crippen LogP contribution in [-0.2, 0) is 9.59 Å². The van der Waals surface area contributed by atoms with Gasteiger partial charge in [0.15, 0.2) is 0 Å². The van der Waals surface area contributed by atoms with Crippen LogP contribution in [0.15, 0.2) is 0 Å². The Balaban J connectivity index is 2.00. The van der Waals surface area contributed by atoms with E-state index in [-0.39, 0.29) is 11.8 Å². The Bertz CT molecular complexity index is 294. The lowest BCUT2D eigenvalue weighted by Crippen LogP contribution is -2.29. The number of nitrogens with two attached hydrogens (primary N) is 2. The first kappa shape index (κ1) is 16.0. The average molecular weight is 269 g/mol. The van der Waals surface area contributed by atoms with Crippen LogP contribution in [0.5, 0.6) is 0 Å². The Morgan fingerprint density at radius 1 is 1.16 bits per heavy atom. The van der Waals surface area contributed by atoms with Crippen molar-refractivity contribution in [1.82, 2.24) is 5.32 Å². The molecule has 0 aliphatic heterocycles. The summed E-state index contributed by atoms with van der Waals surface area (Å²) in [6, 6.07) is 0.329. The molecule has 0 radical (unpaired) electrons. The zero-order valence-corrected chi connectivity index (χ0v) is 11.7. The predicted octanol–water partition coefficient (Wildman–Crippen LogP) is 1.06. The van der Waals surface area contributed by atoms with Gasteiger partial charge >= 0.3 is 0 Å². The number of nitrogens with one attached hydrogen (secondary N) is 1. The minimum atomic E-state index is -0.278. The topological polar surface area (TPSA) is 98.2 Å². The van der Waals surface area contributed by atoms with E-state index in [9.17, 15) is 9.59 Å². The van der Waals surface area contributed by atoms with Crippen molar-refractivity contribution in [3.8, 4) is 0 Å². The third-order valence-corrected chi connectivity index (χ3v) is 3.78. The smallest absolute Gasteiger partial charge is 0.220 e. The van der Waals surface area contributed by atoms with E-state index in [1.54, 1.807) is 0 Å². The summed E-state index contributed by atoms with van der Waals surface area (Å²) < 4.78 is 0. The van der Waals surface area contributed by atoms with E-state index in [0.717, 1.165) is 32.1 Å². The van der Waals surface area contributed by atoms with E-state index in [2.05, 4.69) is 5.32 Å². The van der Waals surface area contributed by atoms with Gasteiger partial charge in [0.05, 0.1) is 0 Å².